The SMILES string of the molecule is NC1(CNc2ccnc3ccccc23)COC1. The normalized spacial score (nSPS) is 17.7. The second-order valence-electron chi connectivity index (χ2n) is 4.58. The highest BCUT2D eigenvalue weighted by atomic mass is 16.5. The maximum absolute atomic E-state index is 6.09. The molecule has 0 radical (unpaired) electrons. The maximum atomic E-state index is 6.09. The predicted octanol–water partition coefficient (Wildman–Crippen LogP) is 1.37. The number of pyridine rings is 1. The number of aromatic nitrogens is 1. The number of nitrogens with two attached hydrogens (primary N) is 1. The summed E-state index contributed by atoms with van der Waals surface area (Å²) in [7, 11) is 0. The molecule has 2 aromatic rings. The molecule has 0 amide bonds. The second-order valence-corrected chi connectivity index (χ2v) is 4.58. The van der Waals surface area contributed by atoms with Crippen molar-refractivity contribution in [2.75, 3.05) is 25.1 Å². The number of fused-ring (bicyclic) bond motifs is 1. The summed E-state index contributed by atoms with van der Waals surface area (Å²) in [6.45, 7) is 1.98. The van der Waals surface area contributed by atoms with Crippen molar-refractivity contribution >= 4 is 16.6 Å². The monoisotopic (exact) mass is 229 g/mol. The highest BCUT2D eigenvalue weighted by Crippen LogP contribution is 2.22. The van der Waals surface area contributed by atoms with E-state index in [0.29, 0.717) is 13.2 Å². The Morgan fingerprint density at radius 1 is 1.29 bits per heavy atom. The number of rotatable bonds is 3. The molecule has 1 saturated heterocycles. The largest absolute Gasteiger partial charge is 0.382 e. The molecule has 0 aliphatic carbocycles. The van der Waals surface area contributed by atoms with E-state index in [1.165, 1.54) is 0 Å². The smallest absolute Gasteiger partial charge is 0.0803 e. The molecule has 3 rings (SSSR count). The zero-order valence-corrected chi connectivity index (χ0v) is 9.52. The molecule has 17 heavy (non-hydrogen) atoms. The Morgan fingerprint density at radius 2 is 2.12 bits per heavy atom. The van der Waals surface area contributed by atoms with Gasteiger partial charge in [0.15, 0.2) is 0 Å². The molecule has 1 fully saturated rings. The molecule has 2 heterocycles. The fraction of sp³-hybridized carbons (Fsp3) is 0.308. The third kappa shape index (κ3) is 1.97. The van der Waals surface area contributed by atoms with Gasteiger partial charge in [-0.05, 0) is 12.1 Å². The highest BCUT2D eigenvalue weighted by Gasteiger charge is 2.33. The lowest BCUT2D eigenvalue weighted by molar-refractivity contribution is -0.0461. The molecule has 0 spiro atoms. The fourth-order valence-electron chi connectivity index (χ4n) is 1.99. The molecule has 4 heteroatoms. The Morgan fingerprint density at radius 3 is 2.88 bits per heavy atom. The molecule has 0 atom stereocenters. The van der Waals surface area contributed by atoms with E-state index in [0.717, 1.165) is 23.1 Å². The van der Waals surface area contributed by atoms with Crippen LogP contribution in [-0.4, -0.2) is 30.3 Å². The maximum Gasteiger partial charge on any atom is 0.0803 e. The van der Waals surface area contributed by atoms with E-state index in [1.54, 1.807) is 0 Å². The van der Waals surface area contributed by atoms with Gasteiger partial charge in [0, 0.05) is 23.8 Å². The van der Waals surface area contributed by atoms with Crippen molar-refractivity contribution in [3.8, 4) is 0 Å². The van der Waals surface area contributed by atoms with Crippen LogP contribution >= 0.6 is 0 Å². The molecule has 4 nitrogen and oxygen atoms in total. The van der Waals surface area contributed by atoms with Crippen LogP contribution < -0.4 is 11.1 Å². The fourth-order valence-corrected chi connectivity index (χ4v) is 1.99. The first kappa shape index (κ1) is 10.5. The van der Waals surface area contributed by atoms with E-state index in [9.17, 15) is 0 Å². The number of hydrogen-bond acceptors (Lipinski definition) is 4. The molecule has 1 aromatic carbocycles. The minimum atomic E-state index is -0.218. The highest BCUT2D eigenvalue weighted by molar-refractivity contribution is 5.90. The summed E-state index contributed by atoms with van der Waals surface area (Å²) < 4.78 is 5.14. The van der Waals surface area contributed by atoms with Gasteiger partial charge in [-0.25, -0.2) is 0 Å². The number of benzene rings is 1. The Balaban J connectivity index is 1.85. The van der Waals surface area contributed by atoms with Gasteiger partial charge in [-0.15, -0.1) is 0 Å². The molecule has 0 bridgehead atoms. The number of anilines is 1. The lowest BCUT2D eigenvalue weighted by Gasteiger charge is -2.38. The molecule has 88 valence electrons. The summed E-state index contributed by atoms with van der Waals surface area (Å²) in [5.74, 6) is 0. The van der Waals surface area contributed by atoms with Gasteiger partial charge in [0.1, 0.15) is 0 Å². The van der Waals surface area contributed by atoms with Crippen molar-refractivity contribution in [3.63, 3.8) is 0 Å². The average molecular weight is 229 g/mol. The van der Waals surface area contributed by atoms with Crippen molar-refractivity contribution in [3.05, 3.63) is 36.5 Å². The summed E-state index contributed by atoms with van der Waals surface area (Å²) in [5, 5.41) is 4.51. The topological polar surface area (TPSA) is 60.2 Å². The van der Waals surface area contributed by atoms with E-state index in [-0.39, 0.29) is 5.54 Å². The molecule has 1 aromatic heterocycles. The molecular formula is C13H15N3O. The lowest BCUT2D eigenvalue weighted by atomic mass is 9.99. The van der Waals surface area contributed by atoms with E-state index >= 15 is 0 Å². The van der Waals surface area contributed by atoms with Crippen molar-refractivity contribution < 1.29 is 4.74 Å². The minimum absolute atomic E-state index is 0.218. The quantitative estimate of drug-likeness (QED) is 0.834. The van der Waals surface area contributed by atoms with Gasteiger partial charge in [0.25, 0.3) is 0 Å². The van der Waals surface area contributed by atoms with Crippen LogP contribution in [-0.2, 0) is 4.74 Å². The number of ether oxygens (including phenoxy) is 1. The summed E-state index contributed by atoms with van der Waals surface area (Å²) in [5.41, 5.74) is 7.94. The lowest BCUT2D eigenvalue weighted by Crippen LogP contribution is -2.61. The predicted molar refractivity (Wildman–Crippen MR) is 68.0 cm³/mol. The van der Waals surface area contributed by atoms with Crippen LogP contribution in [0.3, 0.4) is 0 Å². The molecule has 0 unspecified atom stereocenters. The summed E-state index contributed by atoms with van der Waals surface area (Å²) in [4.78, 5) is 4.32. The Bertz CT molecular complexity index is 532. The van der Waals surface area contributed by atoms with Gasteiger partial charge >= 0.3 is 0 Å². The Labute approximate surface area is 99.8 Å². The number of nitrogens with one attached hydrogen (secondary N) is 1. The van der Waals surface area contributed by atoms with E-state index < -0.39 is 0 Å². The van der Waals surface area contributed by atoms with Gasteiger partial charge < -0.3 is 15.8 Å². The van der Waals surface area contributed by atoms with Gasteiger partial charge in [0.2, 0.25) is 0 Å². The number of para-hydroxylation sites is 1. The van der Waals surface area contributed by atoms with Gasteiger partial charge in [-0.3, -0.25) is 4.98 Å². The number of hydrogen-bond donors (Lipinski definition) is 2. The van der Waals surface area contributed by atoms with E-state index in [4.69, 9.17) is 10.5 Å². The zero-order valence-electron chi connectivity index (χ0n) is 9.52. The Hall–Kier alpha value is -1.65. The molecule has 1 aliphatic heterocycles. The summed E-state index contributed by atoms with van der Waals surface area (Å²) >= 11 is 0. The first-order chi connectivity index (χ1) is 8.27. The standard InChI is InChI=1S/C13H15N3O/c14-13(8-17-9-13)7-16-12-5-6-15-11-4-2-1-3-10(11)12/h1-6H,7-9,14H2,(H,15,16). The van der Waals surface area contributed by atoms with Crippen LogP contribution in [0.25, 0.3) is 10.9 Å². The van der Waals surface area contributed by atoms with Crippen LogP contribution in [0.4, 0.5) is 5.69 Å². The number of nitrogens with zero attached hydrogens (tertiary/aromatic N) is 1. The van der Waals surface area contributed by atoms with Crippen molar-refractivity contribution in [1.29, 1.82) is 0 Å². The van der Waals surface area contributed by atoms with Crippen LogP contribution in [0.5, 0.6) is 0 Å². The first-order valence-electron chi connectivity index (χ1n) is 5.71. The van der Waals surface area contributed by atoms with E-state index in [1.807, 2.05) is 30.5 Å². The van der Waals surface area contributed by atoms with Crippen LogP contribution in [0.1, 0.15) is 0 Å². The summed E-state index contributed by atoms with van der Waals surface area (Å²) in [6.07, 6.45) is 1.81. The van der Waals surface area contributed by atoms with Gasteiger partial charge in [0.05, 0.1) is 24.3 Å². The Kier molecular flexibility index (Phi) is 2.46. The summed E-state index contributed by atoms with van der Waals surface area (Å²) in [6, 6.07) is 10.0. The molecule has 1 aliphatic rings. The van der Waals surface area contributed by atoms with Gasteiger partial charge in [-0.1, -0.05) is 18.2 Å². The van der Waals surface area contributed by atoms with Crippen molar-refractivity contribution in [2.45, 2.75) is 5.54 Å². The zero-order chi connectivity index (χ0) is 11.7. The minimum Gasteiger partial charge on any atom is -0.382 e. The van der Waals surface area contributed by atoms with Crippen molar-refractivity contribution in [2.24, 2.45) is 5.73 Å². The molecular weight excluding hydrogens is 214 g/mol. The second kappa shape index (κ2) is 3.98. The van der Waals surface area contributed by atoms with Gasteiger partial charge in [-0.2, -0.15) is 0 Å². The van der Waals surface area contributed by atoms with Crippen LogP contribution in [0.15, 0.2) is 36.5 Å². The van der Waals surface area contributed by atoms with Crippen LogP contribution in [0, 0.1) is 0 Å². The molecule has 3 N–H and O–H groups in total. The third-order valence-electron chi connectivity index (χ3n) is 3.06. The average Bonchev–Trinajstić information content (AvgIpc) is 2.34. The first-order valence-corrected chi connectivity index (χ1v) is 5.71. The van der Waals surface area contributed by atoms with Crippen molar-refractivity contribution in [1.82, 2.24) is 4.98 Å². The third-order valence-corrected chi connectivity index (χ3v) is 3.06. The van der Waals surface area contributed by atoms with Crippen LogP contribution in [0.2, 0.25) is 0 Å². The molecule has 0 saturated carbocycles. The van der Waals surface area contributed by atoms with E-state index in [2.05, 4.69) is 16.4 Å².